The standard InChI is InChI=1S/C18H21N3O5S/c1-12-8-13(2)18(14(3)9-12)20(27(4,25)26)11-17(22)19-15-6-5-7-16(10-15)21(23)24/h5-10H,11H2,1-4H3,(H,19,22). The van der Waals surface area contributed by atoms with Crippen molar-refractivity contribution in [3.05, 3.63) is 63.2 Å². The van der Waals surface area contributed by atoms with Gasteiger partial charge in [-0.05, 0) is 38.0 Å². The number of nitro benzene ring substituents is 1. The summed E-state index contributed by atoms with van der Waals surface area (Å²) in [7, 11) is -3.72. The van der Waals surface area contributed by atoms with Crippen molar-refractivity contribution in [1.29, 1.82) is 0 Å². The van der Waals surface area contributed by atoms with Crippen molar-refractivity contribution in [1.82, 2.24) is 0 Å². The smallest absolute Gasteiger partial charge is 0.271 e. The van der Waals surface area contributed by atoms with Crippen LogP contribution in [0.1, 0.15) is 16.7 Å². The number of nitrogens with one attached hydrogen (secondary N) is 1. The summed E-state index contributed by atoms with van der Waals surface area (Å²) in [6.07, 6.45) is 1.03. The minimum Gasteiger partial charge on any atom is -0.324 e. The second-order valence-electron chi connectivity index (χ2n) is 6.37. The van der Waals surface area contributed by atoms with Crippen LogP contribution >= 0.6 is 0 Å². The Morgan fingerprint density at radius 2 is 1.74 bits per heavy atom. The zero-order valence-electron chi connectivity index (χ0n) is 15.5. The molecule has 2 rings (SSSR count). The van der Waals surface area contributed by atoms with Gasteiger partial charge < -0.3 is 5.32 Å². The van der Waals surface area contributed by atoms with Crippen LogP contribution < -0.4 is 9.62 Å². The lowest BCUT2D eigenvalue weighted by Gasteiger charge is -2.26. The number of carbonyl (C=O) groups excluding carboxylic acids is 1. The molecule has 144 valence electrons. The van der Waals surface area contributed by atoms with Crippen molar-refractivity contribution in [2.24, 2.45) is 0 Å². The Hall–Kier alpha value is -2.94. The highest BCUT2D eigenvalue weighted by molar-refractivity contribution is 7.92. The third-order valence-electron chi connectivity index (χ3n) is 3.91. The molecule has 0 aliphatic carbocycles. The van der Waals surface area contributed by atoms with E-state index in [1.807, 2.05) is 19.1 Å². The Morgan fingerprint density at radius 3 is 2.26 bits per heavy atom. The van der Waals surface area contributed by atoms with Gasteiger partial charge in [-0.25, -0.2) is 8.42 Å². The van der Waals surface area contributed by atoms with Crippen LogP contribution in [0.25, 0.3) is 0 Å². The molecule has 0 heterocycles. The number of benzene rings is 2. The maximum atomic E-state index is 12.4. The quantitative estimate of drug-likeness (QED) is 0.601. The molecule has 0 radical (unpaired) electrons. The Balaban J connectivity index is 2.32. The third kappa shape index (κ3) is 5.04. The van der Waals surface area contributed by atoms with Crippen molar-refractivity contribution >= 4 is 33.0 Å². The topological polar surface area (TPSA) is 110 Å². The van der Waals surface area contributed by atoms with Gasteiger partial charge in [0.15, 0.2) is 0 Å². The first-order valence-electron chi connectivity index (χ1n) is 8.09. The van der Waals surface area contributed by atoms with Gasteiger partial charge in [0.2, 0.25) is 15.9 Å². The normalized spacial score (nSPS) is 11.1. The lowest BCUT2D eigenvalue weighted by Crippen LogP contribution is -2.38. The number of amides is 1. The van der Waals surface area contributed by atoms with Crippen LogP contribution in [-0.4, -0.2) is 32.0 Å². The van der Waals surface area contributed by atoms with Crippen LogP contribution in [0.4, 0.5) is 17.1 Å². The molecular formula is C18H21N3O5S. The molecule has 0 saturated heterocycles. The molecule has 9 heteroatoms. The van der Waals surface area contributed by atoms with E-state index in [1.165, 1.54) is 24.3 Å². The summed E-state index contributed by atoms with van der Waals surface area (Å²) in [6, 6.07) is 9.15. The fourth-order valence-corrected chi connectivity index (χ4v) is 3.93. The number of sulfonamides is 1. The third-order valence-corrected chi connectivity index (χ3v) is 5.03. The predicted molar refractivity (Wildman–Crippen MR) is 105 cm³/mol. The summed E-state index contributed by atoms with van der Waals surface area (Å²) in [4.78, 5) is 22.7. The monoisotopic (exact) mass is 391 g/mol. The van der Waals surface area contributed by atoms with E-state index < -0.39 is 27.4 Å². The van der Waals surface area contributed by atoms with E-state index >= 15 is 0 Å². The zero-order chi connectivity index (χ0) is 20.4. The molecule has 0 atom stereocenters. The molecule has 0 spiro atoms. The molecule has 1 amide bonds. The molecule has 2 aromatic carbocycles. The van der Waals surface area contributed by atoms with Crippen LogP contribution in [0.2, 0.25) is 0 Å². The second kappa shape index (κ2) is 7.75. The molecule has 2 aromatic rings. The van der Waals surface area contributed by atoms with E-state index in [1.54, 1.807) is 13.8 Å². The fraction of sp³-hybridized carbons (Fsp3) is 0.278. The van der Waals surface area contributed by atoms with E-state index in [0.717, 1.165) is 27.3 Å². The fourth-order valence-electron chi connectivity index (χ4n) is 2.96. The number of carbonyl (C=O) groups is 1. The molecule has 8 nitrogen and oxygen atoms in total. The van der Waals surface area contributed by atoms with Crippen LogP contribution in [0.3, 0.4) is 0 Å². The van der Waals surface area contributed by atoms with E-state index in [-0.39, 0.29) is 11.4 Å². The Kier molecular flexibility index (Phi) is 5.85. The summed E-state index contributed by atoms with van der Waals surface area (Å²) in [5.74, 6) is -0.597. The first kappa shape index (κ1) is 20.4. The lowest BCUT2D eigenvalue weighted by atomic mass is 10.1. The minimum absolute atomic E-state index is 0.169. The number of nitrogens with zero attached hydrogens (tertiary/aromatic N) is 2. The number of anilines is 2. The van der Waals surface area contributed by atoms with Gasteiger partial charge in [0.05, 0.1) is 16.9 Å². The maximum Gasteiger partial charge on any atom is 0.271 e. The number of rotatable bonds is 6. The van der Waals surface area contributed by atoms with Crippen molar-refractivity contribution < 1.29 is 18.1 Å². The highest BCUT2D eigenvalue weighted by atomic mass is 32.2. The molecule has 0 aromatic heterocycles. The number of nitro groups is 1. The largest absolute Gasteiger partial charge is 0.324 e. The summed E-state index contributed by atoms with van der Waals surface area (Å²) < 4.78 is 25.7. The van der Waals surface area contributed by atoms with Crippen LogP contribution in [0.15, 0.2) is 36.4 Å². The predicted octanol–water partition coefficient (Wildman–Crippen LogP) is 2.92. The Morgan fingerprint density at radius 1 is 1.15 bits per heavy atom. The zero-order valence-corrected chi connectivity index (χ0v) is 16.3. The molecule has 0 unspecified atom stereocenters. The van der Waals surface area contributed by atoms with E-state index in [9.17, 15) is 23.3 Å². The van der Waals surface area contributed by atoms with Gasteiger partial charge in [0, 0.05) is 17.8 Å². The Bertz CT molecular complexity index is 979. The number of hydrogen-bond donors (Lipinski definition) is 1. The molecule has 1 N–H and O–H groups in total. The summed E-state index contributed by atoms with van der Waals surface area (Å²) >= 11 is 0. The number of aryl methyl sites for hydroxylation is 3. The van der Waals surface area contributed by atoms with Crippen molar-refractivity contribution in [3.8, 4) is 0 Å². The SMILES string of the molecule is Cc1cc(C)c(N(CC(=O)Nc2cccc([N+](=O)[O-])c2)S(C)(=O)=O)c(C)c1. The van der Waals surface area contributed by atoms with E-state index in [2.05, 4.69) is 5.32 Å². The first-order valence-corrected chi connectivity index (χ1v) is 9.93. The van der Waals surface area contributed by atoms with Crippen LogP contribution in [0.5, 0.6) is 0 Å². The molecule has 27 heavy (non-hydrogen) atoms. The molecular weight excluding hydrogens is 370 g/mol. The summed E-state index contributed by atoms with van der Waals surface area (Å²) in [6.45, 7) is 5.04. The van der Waals surface area contributed by atoms with Crippen molar-refractivity contribution in [2.45, 2.75) is 20.8 Å². The average Bonchev–Trinajstić information content (AvgIpc) is 2.52. The Labute approximate surface area is 158 Å². The van der Waals surface area contributed by atoms with Gasteiger partial charge in [-0.2, -0.15) is 0 Å². The van der Waals surface area contributed by atoms with Crippen molar-refractivity contribution in [3.63, 3.8) is 0 Å². The number of non-ortho nitro benzene ring substituents is 1. The highest BCUT2D eigenvalue weighted by Gasteiger charge is 2.24. The van der Waals surface area contributed by atoms with E-state index in [4.69, 9.17) is 0 Å². The minimum atomic E-state index is -3.72. The van der Waals surface area contributed by atoms with Gasteiger partial charge in [0.25, 0.3) is 5.69 Å². The van der Waals surface area contributed by atoms with E-state index in [0.29, 0.717) is 5.69 Å². The van der Waals surface area contributed by atoms with Gasteiger partial charge in [-0.1, -0.05) is 23.8 Å². The maximum absolute atomic E-state index is 12.4. The van der Waals surface area contributed by atoms with Crippen LogP contribution in [-0.2, 0) is 14.8 Å². The second-order valence-corrected chi connectivity index (χ2v) is 8.28. The van der Waals surface area contributed by atoms with Gasteiger partial charge >= 0.3 is 0 Å². The average molecular weight is 391 g/mol. The highest BCUT2D eigenvalue weighted by Crippen LogP contribution is 2.28. The molecule has 0 bridgehead atoms. The van der Waals surface area contributed by atoms with Crippen molar-refractivity contribution in [2.75, 3.05) is 22.4 Å². The van der Waals surface area contributed by atoms with Gasteiger partial charge in [-0.3, -0.25) is 19.2 Å². The lowest BCUT2D eigenvalue weighted by molar-refractivity contribution is -0.384. The first-order chi connectivity index (χ1) is 12.5. The molecule has 0 aliphatic heterocycles. The molecule has 0 aliphatic rings. The van der Waals surface area contributed by atoms with Gasteiger partial charge in [0.1, 0.15) is 6.54 Å². The molecule has 0 fully saturated rings. The van der Waals surface area contributed by atoms with Crippen LogP contribution in [0, 0.1) is 30.9 Å². The number of hydrogen-bond acceptors (Lipinski definition) is 5. The summed E-state index contributed by atoms with van der Waals surface area (Å²) in [5, 5.41) is 13.4. The van der Waals surface area contributed by atoms with Gasteiger partial charge in [-0.15, -0.1) is 0 Å². The summed E-state index contributed by atoms with van der Waals surface area (Å²) in [5.41, 5.74) is 2.97. The molecule has 0 saturated carbocycles.